The lowest BCUT2D eigenvalue weighted by atomic mass is 10.3. The maximum Gasteiger partial charge on any atom is 0.329 e. The summed E-state index contributed by atoms with van der Waals surface area (Å²) in [6.45, 7) is 9.85. The quantitative estimate of drug-likeness (QED) is 0.432. The molecule has 6 nitrogen and oxygen atoms in total. The minimum atomic E-state index is -0.622. The molecule has 0 saturated heterocycles. The summed E-state index contributed by atoms with van der Waals surface area (Å²) in [5.41, 5.74) is 0. The lowest BCUT2D eigenvalue weighted by molar-refractivity contribution is -0.144. The highest BCUT2D eigenvalue weighted by atomic mass is 16.5. The number of esters is 1. The Morgan fingerprint density at radius 1 is 1.26 bits per heavy atom. The molecular formula is C13H27N3O3. The van der Waals surface area contributed by atoms with Gasteiger partial charge in [0, 0.05) is 26.6 Å². The number of likely N-dealkylation sites (N-methyl/N-ethyl adjacent to an activating group) is 1. The second-order valence-corrected chi connectivity index (χ2v) is 4.41. The lowest BCUT2D eigenvalue weighted by Crippen LogP contribution is -2.48. The second kappa shape index (κ2) is 10.8. The monoisotopic (exact) mass is 273 g/mol. The van der Waals surface area contributed by atoms with Crippen LogP contribution < -0.4 is 10.6 Å². The Balaban J connectivity index is 3.98. The van der Waals surface area contributed by atoms with Crippen LogP contribution in [0, 0.1) is 0 Å². The van der Waals surface area contributed by atoms with E-state index in [1.165, 1.54) is 14.0 Å². The van der Waals surface area contributed by atoms with Crippen LogP contribution in [0.1, 0.15) is 27.2 Å². The van der Waals surface area contributed by atoms with E-state index >= 15 is 0 Å². The van der Waals surface area contributed by atoms with E-state index in [4.69, 9.17) is 0 Å². The molecule has 19 heavy (non-hydrogen) atoms. The van der Waals surface area contributed by atoms with Crippen LogP contribution in [0.3, 0.4) is 0 Å². The number of hydrogen-bond acceptors (Lipinski definition) is 5. The zero-order chi connectivity index (χ0) is 14.7. The molecule has 0 bridgehead atoms. The predicted molar refractivity (Wildman–Crippen MR) is 74.9 cm³/mol. The summed E-state index contributed by atoms with van der Waals surface area (Å²) < 4.78 is 4.65. The van der Waals surface area contributed by atoms with Crippen LogP contribution in [0.15, 0.2) is 0 Å². The molecule has 0 heterocycles. The van der Waals surface area contributed by atoms with Crippen molar-refractivity contribution in [1.29, 1.82) is 0 Å². The molecule has 0 fully saturated rings. The van der Waals surface area contributed by atoms with Crippen molar-refractivity contribution in [2.24, 2.45) is 0 Å². The normalized spacial score (nSPS) is 12.3. The van der Waals surface area contributed by atoms with E-state index in [9.17, 15) is 9.59 Å². The molecule has 0 aromatic rings. The summed E-state index contributed by atoms with van der Waals surface area (Å²) in [6.07, 6.45) is 1.13. The minimum absolute atomic E-state index is 0.238. The first-order valence-electron chi connectivity index (χ1n) is 6.83. The van der Waals surface area contributed by atoms with Gasteiger partial charge in [0.1, 0.15) is 6.04 Å². The number of rotatable bonds is 10. The zero-order valence-corrected chi connectivity index (χ0v) is 12.5. The van der Waals surface area contributed by atoms with E-state index in [0.717, 1.165) is 32.6 Å². The molecule has 0 saturated carbocycles. The van der Waals surface area contributed by atoms with Gasteiger partial charge in [-0.1, -0.05) is 13.8 Å². The van der Waals surface area contributed by atoms with E-state index in [1.807, 2.05) is 0 Å². The van der Waals surface area contributed by atoms with Crippen molar-refractivity contribution >= 4 is 11.9 Å². The highest BCUT2D eigenvalue weighted by molar-refractivity contribution is 5.83. The van der Waals surface area contributed by atoms with Gasteiger partial charge in [-0.2, -0.15) is 0 Å². The molecule has 1 amide bonds. The molecule has 1 unspecified atom stereocenters. The van der Waals surface area contributed by atoms with Gasteiger partial charge in [-0.15, -0.1) is 0 Å². The fourth-order valence-corrected chi connectivity index (χ4v) is 1.81. The third-order valence-corrected chi connectivity index (χ3v) is 2.80. The first-order chi connectivity index (χ1) is 9.04. The standard InChI is InChI=1S/C13H27N3O3/c1-5-8-16(6-2)9-7-14-10-12(13(18)19-4)15-11(3)17/h12,14H,5-10H2,1-4H3,(H,15,17). The van der Waals surface area contributed by atoms with Crippen LogP contribution in [0.4, 0.5) is 0 Å². The third-order valence-electron chi connectivity index (χ3n) is 2.80. The van der Waals surface area contributed by atoms with Crippen molar-refractivity contribution in [2.75, 3.05) is 39.8 Å². The number of carbonyl (C=O) groups excluding carboxylic acids is 2. The van der Waals surface area contributed by atoms with E-state index in [-0.39, 0.29) is 5.91 Å². The van der Waals surface area contributed by atoms with E-state index in [1.54, 1.807) is 0 Å². The van der Waals surface area contributed by atoms with Crippen molar-refractivity contribution in [2.45, 2.75) is 33.2 Å². The number of hydrogen-bond donors (Lipinski definition) is 2. The number of methoxy groups -OCH3 is 1. The fourth-order valence-electron chi connectivity index (χ4n) is 1.81. The van der Waals surface area contributed by atoms with Crippen LogP contribution in [0.5, 0.6) is 0 Å². The van der Waals surface area contributed by atoms with Crippen LogP contribution in [-0.4, -0.2) is 62.7 Å². The largest absolute Gasteiger partial charge is 0.467 e. The molecule has 0 aliphatic heterocycles. The van der Waals surface area contributed by atoms with Crippen molar-refractivity contribution in [1.82, 2.24) is 15.5 Å². The molecule has 0 aliphatic carbocycles. The Bertz CT molecular complexity index is 272. The summed E-state index contributed by atoms with van der Waals surface area (Å²) in [5, 5.41) is 5.74. The van der Waals surface area contributed by atoms with E-state index in [0.29, 0.717) is 6.54 Å². The Morgan fingerprint density at radius 2 is 1.95 bits per heavy atom. The molecule has 6 heteroatoms. The summed E-state index contributed by atoms with van der Waals surface area (Å²) in [6, 6.07) is -0.622. The first-order valence-corrected chi connectivity index (χ1v) is 6.83. The summed E-state index contributed by atoms with van der Waals surface area (Å²) in [7, 11) is 1.32. The van der Waals surface area contributed by atoms with Crippen molar-refractivity contribution < 1.29 is 14.3 Å². The molecule has 0 aromatic heterocycles. The molecule has 112 valence electrons. The second-order valence-electron chi connectivity index (χ2n) is 4.41. The minimum Gasteiger partial charge on any atom is -0.467 e. The van der Waals surface area contributed by atoms with Crippen molar-refractivity contribution in [3.63, 3.8) is 0 Å². The van der Waals surface area contributed by atoms with Crippen LogP contribution in [0.2, 0.25) is 0 Å². The summed E-state index contributed by atoms with van der Waals surface area (Å²) >= 11 is 0. The van der Waals surface area contributed by atoms with Gasteiger partial charge in [-0.3, -0.25) is 4.79 Å². The average molecular weight is 273 g/mol. The summed E-state index contributed by atoms with van der Waals surface area (Å²) in [5.74, 6) is -0.665. The molecule has 0 aromatic carbocycles. The van der Waals surface area contributed by atoms with Crippen molar-refractivity contribution in [3.05, 3.63) is 0 Å². The Hall–Kier alpha value is -1.14. The predicted octanol–water partition coefficient (Wildman–Crippen LogP) is -0.0144. The Labute approximate surface area is 115 Å². The molecule has 1 atom stereocenters. The Morgan fingerprint density at radius 3 is 2.42 bits per heavy atom. The van der Waals surface area contributed by atoms with Gasteiger partial charge < -0.3 is 20.3 Å². The van der Waals surface area contributed by atoms with Gasteiger partial charge >= 0.3 is 5.97 Å². The summed E-state index contributed by atoms with van der Waals surface area (Å²) in [4.78, 5) is 24.8. The molecule has 0 spiro atoms. The molecule has 0 radical (unpaired) electrons. The lowest BCUT2D eigenvalue weighted by Gasteiger charge is -2.21. The topological polar surface area (TPSA) is 70.7 Å². The number of nitrogens with one attached hydrogen (secondary N) is 2. The maximum absolute atomic E-state index is 11.4. The number of amides is 1. The highest BCUT2D eigenvalue weighted by Crippen LogP contribution is 1.90. The van der Waals surface area contributed by atoms with Gasteiger partial charge in [0.15, 0.2) is 0 Å². The van der Waals surface area contributed by atoms with Gasteiger partial charge in [0.05, 0.1) is 7.11 Å². The number of carbonyl (C=O) groups is 2. The highest BCUT2D eigenvalue weighted by Gasteiger charge is 2.19. The molecule has 2 N–H and O–H groups in total. The zero-order valence-electron chi connectivity index (χ0n) is 12.5. The molecular weight excluding hydrogens is 246 g/mol. The smallest absolute Gasteiger partial charge is 0.329 e. The molecule has 0 aliphatic rings. The SMILES string of the molecule is CCCN(CC)CCNCC(NC(C)=O)C(=O)OC. The number of ether oxygens (including phenoxy) is 1. The average Bonchev–Trinajstić information content (AvgIpc) is 2.39. The Kier molecular flexibility index (Phi) is 10.1. The van der Waals surface area contributed by atoms with E-state index in [2.05, 4.69) is 34.1 Å². The van der Waals surface area contributed by atoms with Gasteiger partial charge in [0.2, 0.25) is 5.91 Å². The third kappa shape index (κ3) is 8.56. The number of nitrogens with zero attached hydrogens (tertiary/aromatic N) is 1. The fraction of sp³-hybridized carbons (Fsp3) is 0.846. The van der Waals surface area contributed by atoms with Crippen molar-refractivity contribution in [3.8, 4) is 0 Å². The molecule has 0 rings (SSSR count). The first kappa shape index (κ1) is 17.9. The maximum atomic E-state index is 11.4. The van der Waals surface area contributed by atoms with Gasteiger partial charge in [0.25, 0.3) is 0 Å². The van der Waals surface area contributed by atoms with Gasteiger partial charge in [-0.25, -0.2) is 4.79 Å². The van der Waals surface area contributed by atoms with Crippen LogP contribution >= 0.6 is 0 Å². The van der Waals surface area contributed by atoms with Crippen LogP contribution in [0.25, 0.3) is 0 Å². The van der Waals surface area contributed by atoms with Gasteiger partial charge in [-0.05, 0) is 19.5 Å². The van der Waals surface area contributed by atoms with Crippen LogP contribution in [-0.2, 0) is 14.3 Å². The van der Waals surface area contributed by atoms with E-state index < -0.39 is 12.0 Å².